The third-order valence-electron chi connectivity index (χ3n) is 5.08. The lowest BCUT2D eigenvalue weighted by molar-refractivity contribution is 0.0290. The van der Waals surface area contributed by atoms with Gasteiger partial charge in [0.15, 0.2) is 0 Å². The highest BCUT2D eigenvalue weighted by atomic mass is 32.1. The first-order chi connectivity index (χ1) is 15.2. The van der Waals surface area contributed by atoms with Crippen LogP contribution in [0.3, 0.4) is 0 Å². The summed E-state index contributed by atoms with van der Waals surface area (Å²) < 4.78 is 17.1. The molecule has 170 valence electrons. The number of carbonyl (C=O) groups is 2. The van der Waals surface area contributed by atoms with E-state index in [0.717, 1.165) is 5.01 Å². The van der Waals surface area contributed by atoms with E-state index < -0.39 is 5.60 Å². The number of hydrogen-bond acceptors (Lipinski definition) is 7. The number of fused-ring (bicyclic) bond motifs is 1. The summed E-state index contributed by atoms with van der Waals surface area (Å²) in [6.45, 7) is 8.60. The van der Waals surface area contributed by atoms with Crippen LogP contribution >= 0.6 is 11.3 Å². The fourth-order valence-electron chi connectivity index (χ4n) is 3.67. The van der Waals surface area contributed by atoms with Gasteiger partial charge in [-0.2, -0.15) is 0 Å². The Labute approximate surface area is 190 Å². The Morgan fingerprint density at radius 1 is 1.34 bits per heavy atom. The van der Waals surface area contributed by atoms with Crippen LogP contribution in [0.1, 0.15) is 48.3 Å². The molecule has 8 nitrogen and oxygen atoms in total. The van der Waals surface area contributed by atoms with Gasteiger partial charge in [-0.3, -0.25) is 4.79 Å². The number of hydrogen-bond donors (Lipinski definition) is 1. The molecule has 0 bridgehead atoms. The summed E-state index contributed by atoms with van der Waals surface area (Å²) in [7, 11) is 0. The summed E-state index contributed by atoms with van der Waals surface area (Å²) in [6, 6.07) is 5.28. The van der Waals surface area contributed by atoms with Crippen LogP contribution in [0.25, 0.3) is 11.0 Å². The lowest BCUT2D eigenvalue weighted by Crippen LogP contribution is -2.40. The van der Waals surface area contributed by atoms with Crippen molar-refractivity contribution >= 4 is 34.3 Å². The van der Waals surface area contributed by atoms with Crippen LogP contribution in [-0.2, 0) is 11.3 Å². The normalized spacial score (nSPS) is 16.4. The molecule has 1 saturated heterocycles. The number of thiazole rings is 1. The molecule has 1 unspecified atom stereocenters. The second kappa shape index (κ2) is 8.82. The Balaban J connectivity index is 1.44. The molecule has 2 aromatic heterocycles. The van der Waals surface area contributed by atoms with Crippen LogP contribution in [0.2, 0.25) is 0 Å². The Bertz CT molecular complexity index is 1120. The first-order valence-corrected chi connectivity index (χ1v) is 11.4. The van der Waals surface area contributed by atoms with Crippen molar-refractivity contribution in [1.82, 2.24) is 15.2 Å². The van der Waals surface area contributed by atoms with Crippen LogP contribution in [0.15, 0.2) is 34.2 Å². The van der Waals surface area contributed by atoms with Gasteiger partial charge in [-0.15, -0.1) is 11.3 Å². The zero-order valence-corrected chi connectivity index (χ0v) is 19.5. The van der Waals surface area contributed by atoms with Crippen LogP contribution in [0.5, 0.6) is 5.75 Å². The predicted molar refractivity (Wildman–Crippen MR) is 121 cm³/mol. The number of likely N-dealkylation sites (tertiary alicyclic amines) is 1. The third-order valence-corrected chi connectivity index (χ3v) is 5.84. The number of amides is 2. The summed E-state index contributed by atoms with van der Waals surface area (Å²) in [5, 5.41) is 6.51. The van der Waals surface area contributed by atoms with Gasteiger partial charge >= 0.3 is 6.09 Å². The van der Waals surface area contributed by atoms with E-state index in [1.54, 1.807) is 24.1 Å². The van der Waals surface area contributed by atoms with E-state index in [1.165, 1.54) is 11.3 Å². The molecule has 0 radical (unpaired) electrons. The second-order valence-corrected chi connectivity index (χ2v) is 9.77. The zero-order chi connectivity index (χ0) is 22.9. The summed E-state index contributed by atoms with van der Waals surface area (Å²) in [4.78, 5) is 31.2. The third kappa shape index (κ3) is 5.04. The standard InChI is InChI=1S/C23H27N3O5S/c1-14-20(21(27)25-15-7-9-26(12-15)22(28)31-23(2,3)4)17-11-16(5-6-18(17)30-14)29-13-19-24-8-10-32-19/h5-6,8,10-11,15H,7,9,12-13H2,1-4H3,(H,25,27). The van der Waals surface area contributed by atoms with E-state index >= 15 is 0 Å². The first kappa shape index (κ1) is 22.1. The summed E-state index contributed by atoms with van der Waals surface area (Å²) in [5.74, 6) is 0.949. The van der Waals surface area contributed by atoms with Gasteiger partial charge < -0.3 is 24.1 Å². The van der Waals surface area contributed by atoms with Crippen molar-refractivity contribution in [2.75, 3.05) is 13.1 Å². The average Bonchev–Trinajstić information content (AvgIpc) is 3.44. The van der Waals surface area contributed by atoms with E-state index in [1.807, 2.05) is 38.3 Å². The Hall–Kier alpha value is -3.07. The number of ether oxygens (including phenoxy) is 2. The SMILES string of the molecule is Cc1oc2ccc(OCc3nccs3)cc2c1C(=O)NC1CCN(C(=O)OC(C)(C)C)C1. The quantitative estimate of drug-likeness (QED) is 0.606. The number of aromatic nitrogens is 1. The van der Waals surface area contributed by atoms with Crippen molar-refractivity contribution in [3.8, 4) is 5.75 Å². The molecule has 1 N–H and O–H groups in total. The molecule has 9 heteroatoms. The number of aryl methyl sites for hydroxylation is 1. The lowest BCUT2D eigenvalue weighted by atomic mass is 10.1. The van der Waals surface area contributed by atoms with Gasteiger partial charge in [0.05, 0.1) is 5.56 Å². The number of furan rings is 1. The maximum absolute atomic E-state index is 13.1. The van der Waals surface area contributed by atoms with Crippen molar-refractivity contribution < 1.29 is 23.5 Å². The van der Waals surface area contributed by atoms with Crippen molar-refractivity contribution in [2.45, 2.75) is 52.4 Å². The molecule has 2 amide bonds. The van der Waals surface area contributed by atoms with Gasteiger partial charge in [0.25, 0.3) is 5.91 Å². The van der Waals surface area contributed by atoms with Crippen molar-refractivity contribution in [3.63, 3.8) is 0 Å². The monoisotopic (exact) mass is 457 g/mol. The van der Waals surface area contributed by atoms with E-state index in [-0.39, 0.29) is 18.0 Å². The predicted octanol–water partition coefficient (Wildman–Crippen LogP) is 4.52. The van der Waals surface area contributed by atoms with Gasteiger partial charge in [0, 0.05) is 36.1 Å². The molecule has 0 spiro atoms. The molecule has 32 heavy (non-hydrogen) atoms. The first-order valence-electron chi connectivity index (χ1n) is 10.5. The molecule has 3 heterocycles. The maximum Gasteiger partial charge on any atom is 0.410 e. The average molecular weight is 458 g/mol. The topological polar surface area (TPSA) is 93.9 Å². The second-order valence-electron chi connectivity index (χ2n) is 8.79. The van der Waals surface area contributed by atoms with E-state index in [9.17, 15) is 9.59 Å². The molecule has 1 aliphatic heterocycles. The van der Waals surface area contributed by atoms with E-state index in [4.69, 9.17) is 13.9 Å². The maximum atomic E-state index is 13.1. The Morgan fingerprint density at radius 2 is 2.16 bits per heavy atom. The molecule has 0 aliphatic carbocycles. The van der Waals surface area contributed by atoms with Gasteiger partial charge in [0.1, 0.15) is 34.3 Å². The number of rotatable bonds is 5. The van der Waals surface area contributed by atoms with Crippen LogP contribution in [0.4, 0.5) is 4.79 Å². The zero-order valence-electron chi connectivity index (χ0n) is 18.6. The smallest absolute Gasteiger partial charge is 0.410 e. The van der Waals surface area contributed by atoms with Crippen molar-refractivity contribution in [1.29, 1.82) is 0 Å². The van der Waals surface area contributed by atoms with Crippen molar-refractivity contribution in [3.05, 3.63) is 46.1 Å². The Morgan fingerprint density at radius 3 is 2.88 bits per heavy atom. The summed E-state index contributed by atoms with van der Waals surface area (Å²) >= 11 is 1.52. The minimum absolute atomic E-state index is 0.149. The highest BCUT2D eigenvalue weighted by Gasteiger charge is 2.31. The number of nitrogens with zero attached hydrogens (tertiary/aromatic N) is 2. The van der Waals surface area contributed by atoms with E-state index in [2.05, 4.69) is 10.3 Å². The minimum Gasteiger partial charge on any atom is -0.486 e. The van der Waals surface area contributed by atoms with Gasteiger partial charge in [-0.25, -0.2) is 9.78 Å². The van der Waals surface area contributed by atoms with E-state index in [0.29, 0.717) is 54.2 Å². The molecule has 1 fully saturated rings. The van der Waals surface area contributed by atoms with Crippen LogP contribution in [0, 0.1) is 6.92 Å². The number of nitrogens with one attached hydrogen (secondary N) is 1. The summed E-state index contributed by atoms with van der Waals surface area (Å²) in [5.41, 5.74) is 0.552. The number of benzene rings is 1. The molecule has 1 atom stereocenters. The largest absolute Gasteiger partial charge is 0.486 e. The molecular weight excluding hydrogens is 430 g/mol. The molecule has 4 rings (SSSR count). The van der Waals surface area contributed by atoms with Gasteiger partial charge in [-0.05, 0) is 52.3 Å². The fraction of sp³-hybridized carbons (Fsp3) is 0.435. The fourth-order valence-corrected chi connectivity index (χ4v) is 4.20. The van der Waals surface area contributed by atoms with Crippen LogP contribution < -0.4 is 10.1 Å². The Kier molecular flexibility index (Phi) is 6.10. The van der Waals surface area contributed by atoms with Crippen molar-refractivity contribution in [2.24, 2.45) is 0 Å². The highest BCUT2D eigenvalue weighted by molar-refractivity contribution is 7.09. The van der Waals surface area contributed by atoms with Gasteiger partial charge in [0.2, 0.25) is 0 Å². The highest BCUT2D eigenvalue weighted by Crippen LogP contribution is 2.30. The molecular formula is C23H27N3O5S. The molecule has 3 aromatic rings. The van der Waals surface area contributed by atoms with Crippen LogP contribution in [-0.4, -0.2) is 46.6 Å². The minimum atomic E-state index is -0.551. The van der Waals surface area contributed by atoms with Gasteiger partial charge in [-0.1, -0.05) is 0 Å². The molecule has 1 aromatic carbocycles. The number of carbonyl (C=O) groups excluding carboxylic acids is 2. The summed E-state index contributed by atoms with van der Waals surface area (Å²) in [6.07, 6.45) is 2.05. The lowest BCUT2D eigenvalue weighted by Gasteiger charge is -2.24. The molecule has 0 saturated carbocycles. The molecule has 1 aliphatic rings.